The summed E-state index contributed by atoms with van der Waals surface area (Å²) in [7, 11) is 4.12. The molecule has 21 heavy (non-hydrogen) atoms. The Bertz CT molecular complexity index is 558. The predicted molar refractivity (Wildman–Crippen MR) is 88.6 cm³/mol. The van der Waals surface area contributed by atoms with E-state index in [0.29, 0.717) is 6.42 Å². The van der Waals surface area contributed by atoms with Crippen molar-refractivity contribution in [3.8, 4) is 11.1 Å². The van der Waals surface area contributed by atoms with Gasteiger partial charge < -0.3 is 4.90 Å². The third kappa shape index (κ3) is 4.83. The Morgan fingerprint density at radius 1 is 0.857 bits per heavy atom. The van der Waals surface area contributed by atoms with E-state index in [-0.39, 0.29) is 5.78 Å². The van der Waals surface area contributed by atoms with E-state index in [2.05, 4.69) is 31.1 Å². The first-order valence-electron chi connectivity index (χ1n) is 7.50. The summed E-state index contributed by atoms with van der Waals surface area (Å²) in [6, 6.07) is 18.2. The Kier molecular flexibility index (Phi) is 5.70. The maximum absolute atomic E-state index is 12.1. The van der Waals surface area contributed by atoms with Crippen molar-refractivity contribution in [1.29, 1.82) is 0 Å². The number of benzene rings is 2. The van der Waals surface area contributed by atoms with E-state index < -0.39 is 0 Å². The molecule has 2 nitrogen and oxygen atoms in total. The number of nitrogens with zero attached hydrogens (tertiary/aromatic N) is 1. The monoisotopic (exact) mass is 281 g/mol. The van der Waals surface area contributed by atoms with Crippen LogP contribution in [0, 0.1) is 0 Å². The van der Waals surface area contributed by atoms with Crippen LogP contribution in [0.15, 0.2) is 54.6 Å². The normalized spacial score (nSPS) is 10.8. The number of rotatable bonds is 7. The Morgan fingerprint density at radius 3 is 2.10 bits per heavy atom. The Hall–Kier alpha value is -1.93. The van der Waals surface area contributed by atoms with Crippen LogP contribution in [-0.2, 0) is 0 Å². The number of carbonyl (C=O) groups excluding carboxylic acids is 1. The smallest absolute Gasteiger partial charge is 0.162 e. The average molecular weight is 281 g/mol. The van der Waals surface area contributed by atoms with Crippen LogP contribution >= 0.6 is 0 Å². The van der Waals surface area contributed by atoms with E-state index in [1.807, 2.05) is 42.5 Å². The van der Waals surface area contributed by atoms with E-state index in [0.717, 1.165) is 30.5 Å². The van der Waals surface area contributed by atoms with Gasteiger partial charge in [-0.25, -0.2) is 0 Å². The number of unbranched alkanes of at least 4 members (excludes halogenated alkanes) is 1. The van der Waals surface area contributed by atoms with Crippen molar-refractivity contribution in [3.63, 3.8) is 0 Å². The van der Waals surface area contributed by atoms with Crippen LogP contribution in [0.1, 0.15) is 29.6 Å². The van der Waals surface area contributed by atoms with E-state index >= 15 is 0 Å². The van der Waals surface area contributed by atoms with Gasteiger partial charge in [-0.15, -0.1) is 0 Å². The minimum absolute atomic E-state index is 0.244. The standard InChI is InChI=1S/C19H23NO/c1-20(2)15-7-6-10-19(21)18-13-11-17(12-14-18)16-8-4-3-5-9-16/h3-5,8-9,11-14H,6-7,10,15H2,1-2H3. The molecule has 0 radical (unpaired) electrons. The molecule has 0 aliphatic heterocycles. The molecular formula is C19H23NO. The SMILES string of the molecule is CN(C)CCCCC(=O)c1ccc(-c2ccccc2)cc1. The highest BCUT2D eigenvalue weighted by Crippen LogP contribution is 2.20. The Balaban J connectivity index is 1.91. The fourth-order valence-corrected chi connectivity index (χ4v) is 2.34. The van der Waals surface area contributed by atoms with Crippen molar-refractivity contribution < 1.29 is 4.79 Å². The summed E-state index contributed by atoms with van der Waals surface area (Å²) < 4.78 is 0. The molecule has 2 rings (SSSR count). The summed E-state index contributed by atoms with van der Waals surface area (Å²) in [6.45, 7) is 1.04. The van der Waals surface area contributed by atoms with Gasteiger partial charge in [0.1, 0.15) is 0 Å². The van der Waals surface area contributed by atoms with Gasteiger partial charge in [-0.3, -0.25) is 4.79 Å². The van der Waals surface area contributed by atoms with Gasteiger partial charge in [-0.1, -0.05) is 54.6 Å². The summed E-state index contributed by atoms with van der Waals surface area (Å²) in [4.78, 5) is 14.3. The highest BCUT2D eigenvalue weighted by atomic mass is 16.1. The number of hydrogen-bond donors (Lipinski definition) is 0. The molecule has 0 atom stereocenters. The number of Topliss-reactive ketones (excluding diaryl/α,β-unsaturated/α-hetero) is 1. The second-order valence-corrected chi connectivity index (χ2v) is 5.63. The molecule has 0 aliphatic carbocycles. The lowest BCUT2D eigenvalue weighted by molar-refractivity contribution is 0.0978. The van der Waals surface area contributed by atoms with E-state index in [1.54, 1.807) is 0 Å². The van der Waals surface area contributed by atoms with Crippen LogP contribution in [0.3, 0.4) is 0 Å². The third-order valence-corrected chi connectivity index (χ3v) is 3.57. The maximum atomic E-state index is 12.1. The fraction of sp³-hybridized carbons (Fsp3) is 0.316. The topological polar surface area (TPSA) is 20.3 Å². The van der Waals surface area contributed by atoms with E-state index in [1.165, 1.54) is 5.56 Å². The zero-order chi connectivity index (χ0) is 15.1. The van der Waals surface area contributed by atoms with Crippen LogP contribution in [0.25, 0.3) is 11.1 Å². The van der Waals surface area contributed by atoms with Crippen LogP contribution in [0.2, 0.25) is 0 Å². The first-order valence-corrected chi connectivity index (χ1v) is 7.50. The first-order chi connectivity index (χ1) is 10.2. The van der Waals surface area contributed by atoms with Crippen LogP contribution in [-0.4, -0.2) is 31.3 Å². The molecule has 0 heterocycles. The van der Waals surface area contributed by atoms with E-state index in [4.69, 9.17) is 0 Å². The number of hydrogen-bond acceptors (Lipinski definition) is 2. The second-order valence-electron chi connectivity index (χ2n) is 5.63. The summed E-state index contributed by atoms with van der Waals surface area (Å²) in [6.07, 6.45) is 2.66. The van der Waals surface area contributed by atoms with Gasteiger partial charge in [0.05, 0.1) is 0 Å². The molecule has 110 valence electrons. The zero-order valence-corrected chi connectivity index (χ0v) is 12.9. The molecule has 2 aromatic carbocycles. The Labute approximate surface area is 127 Å². The first kappa shape index (κ1) is 15.5. The average Bonchev–Trinajstić information content (AvgIpc) is 2.52. The van der Waals surface area contributed by atoms with Crippen molar-refractivity contribution in [2.75, 3.05) is 20.6 Å². The molecule has 0 fully saturated rings. The Morgan fingerprint density at radius 2 is 1.48 bits per heavy atom. The maximum Gasteiger partial charge on any atom is 0.162 e. The number of ketones is 1. The molecule has 0 saturated heterocycles. The summed E-state index contributed by atoms with van der Waals surface area (Å²) >= 11 is 0. The second kappa shape index (κ2) is 7.75. The molecule has 0 saturated carbocycles. The molecule has 2 aromatic rings. The van der Waals surface area contributed by atoms with Gasteiger partial charge in [0.15, 0.2) is 5.78 Å². The fourth-order valence-electron chi connectivity index (χ4n) is 2.34. The quantitative estimate of drug-likeness (QED) is 0.558. The zero-order valence-electron chi connectivity index (χ0n) is 12.9. The van der Waals surface area contributed by atoms with Gasteiger partial charge in [0, 0.05) is 12.0 Å². The highest BCUT2D eigenvalue weighted by Gasteiger charge is 2.06. The van der Waals surface area contributed by atoms with Crippen molar-refractivity contribution in [2.24, 2.45) is 0 Å². The minimum atomic E-state index is 0.244. The van der Waals surface area contributed by atoms with Gasteiger partial charge in [0.25, 0.3) is 0 Å². The van der Waals surface area contributed by atoms with Crippen molar-refractivity contribution >= 4 is 5.78 Å². The lowest BCUT2D eigenvalue weighted by Gasteiger charge is -2.08. The minimum Gasteiger partial charge on any atom is -0.309 e. The summed E-state index contributed by atoms with van der Waals surface area (Å²) in [5.41, 5.74) is 3.15. The van der Waals surface area contributed by atoms with Crippen LogP contribution in [0.4, 0.5) is 0 Å². The molecule has 0 amide bonds. The van der Waals surface area contributed by atoms with Crippen molar-refractivity contribution in [2.45, 2.75) is 19.3 Å². The van der Waals surface area contributed by atoms with Gasteiger partial charge >= 0.3 is 0 Å². The lowest BCUT2D eigenvalue weighted by Crippen LogP contribution is -2.13. The summed E-state index contributed by atoms with van der Waals surface area (Å²) in [5.74, 6) is 0.244. The van der Waals surface area contributed by atoms with Crippen molar-refractivity contribution in [1.82, 2.24) is 4.90 Å². The molecule has 0 N–H and O–H groups in total. The molecule has 0 bridgehead atoms. The predicted octanol–water partition coefficient (Wildman–Crippen LogP) is 4.27. The lowest BCUT2D eigenvalue weighted by atomic mass is 10.0. The van der Waals surface area contributed by atoms with Crippen molar-refractivity contribution in [3.05, 3.63) is 60.2 Å². The van der Waals surface area contributed by atoms with Gasteiger partial charge in [-0.2, -0.15) is 0 Å². The van der Waals surface area contributed by atoms with Crippen LogP contribution < -0.4 is 0 Å². The molecule has 0 aliphatic rings. The molecule has 0 spiro atoms. The van der Waals surface area contributed by atoms with Gasteiger partial charge in [0.2, 0.25) is 0 Å². The molecular weight excluding hydrogens is 258 g/mol. The van der Waals surface area contributed by atoms with Gasteiger partial charge in [-0.05, 0) is 44.6 Å². The largest absolute Gasteiger partial charge is 0.309 e. The van der Waals surface area contributed by atoms with Crippen LogP contribution in [0.5, 0.6) is 0 Å². The molecule has 0 unspecified atom stereocenters. The van der Waals surface area contributed by atoms with E-state index in [9.17, 15) is 4.79 Å². The number of carbonyl (C=O) groups is 1. The molecule has 0 aromatic heterocycles. The third-order valence-electron chi connectivity index (χ3n) is 3.57. The molecule has 2 heteroatoms. The highest BCUT2D eigenvalue weighted by molar-refractivity contribution is 5.96. The summed E-state index contributed by atoms with van der Waals surface area (Å²) in [5, 5.41) is 0.